The van der Waals surface area contributed by atoms with E-state index in [9.17, 15) is 13.6 Å². The fraction of sp³-hybridized carbons (Fsp3) is 0. The Balaban J connectivity index is 2.35. The van der Waals surface area contributed by atoms with Crippen LogP contribution in [0.2, 0.25) is 0 Å². The van der Waals surface area contributed by atoms with Crippen LogP contribution in [-0.4, -0.2) is 9.97 Å². The first-order chi connectivity index (χ1) is 8.08. The second kappa shape index (κ2) is 4.20. The lowest BCUT2D eigenvalue weighted by Crippen LogP contribution is -2.13. The Bertz CT molecular complexity index is 613. The molecular weight excluding hydrogens is 232 g/mol. The topological polar surface area (TPSA) is 81.0 Å². The van der Waals surface area contributed by atoms with Crippen molar-refractivity contribution in [3.05, 3.63) is 46.5 Å². The standard InChI is InChI=1S/C10H7F2N3O2/c11-6-2-1-5(3-7(6)12)17-10-8(13)9(16)14-4-15-10/h1-4H,13H2,(H,14,15,16). The van der Waals surface area contributed by atoms with Gasteiger partial charge in [0.1, 0.15) is 5.75 Å². The number of ether oxygens (including phenoxy) is 1. The molecule has 1 aromatic carbocycles. The van der Waals surface area contributed by atoms with Gasteiger partial charge in [0.2, 0.25) is 5.88 Å². The summed E-state index contributed by atoms with van der Waals surface area (Å²) >= 11 is 0. The van der Waals surface area contributed by atoms with E-state index in [0.717, 1.165) is 18.5 Å². The fourth-order valence-electron chi connectivity index (χ4n) is 1.13. The van der Waals surface area contributed by atoms with Crippen molar-refractivity contribution in [2.45, 2.75) is 0 Å². The summed E-state index contributed by atoms with van der Waals surface area (Å²) in [4.78, 5) is 17.0. The third kappa shape index (κ3) is 2.22. The first-order valence-electron chi connectivity index (χ1n) is 4.54. The predicted octanol–water partition coefficient (Wildman–Crippen LogP) is 1.42. The van der Waals surface area contributed by atoms with Gasteiger partial charge in [-0.15, -0.1) is 0 Å². The van der Waals surface area contributed by atoms with Crippen molar-refractivity contribution < 1.29 is 13.5 Å². The number of nitrogen functional groups attached to an aromatic ring is 1. The average Bonchev–Trinajstić information content (AvgIpc) is 2.30. The number of benzene rings is 1. The molecule has 0 spiro atoms. The maximum absolute atomic E-state index is 12.9. The highest BCUT2D eigenvalue weighted by molar-refractivity contribution is 5.46. The van der Waals surface area contributed by atoms with Crippen LogP contribution in [0, 0.1) is 11.6 Å². The van der Waals surface area contributed by atoms with Crippen molar-refractivity contribution in [3.8, 4) is 11.6 Å². The van der Waals surface area contributed by atoms with E-state index in [0.29, 0.717) is 0 Å². The van der Waals surface area contributed by atoms with Gasteiger partial charge in [0, 0.05) is 6.07 Å². The number of nitrogens with zero attached hydrogens (tertiary/aromatic N) is 1. The van der Waals surface area contributed by atoms with Gasteiger partial charge in [-0.3, -0.25) is 4.79 Å². The molecule has 3 N–H and O–H groups in total. The van der Waals surface area contributed by atoms with Crippen molar-refractivity contribution in [2.24, 2.45) is 0 Å². The predicted molar refractivity (Wildman–Crippen MR) is 55.7 cm³/mol. The number of hydrogen-bond acceptors (Lipinski definition) is 4. The van der Waals surface area contributed by atoms with E-state index in [4.69, 9.17) is 10.5 Å². The van der Waals surface area contributed by atoms with Gasteiger partial charge in [0.15, 0.2) is 17.3 Å². The average molecular weight is 239 g/mol. The van der Waals surface area contributed by atoms with E-state index in [1.807, 2.05) is 0 Å². The summed E-state index contributed by atoms with van der Waals surface area (Å²) in [5.41, 5.74) is 4.59. The molecule has 0 saturated heterocycles. The summed E-state index contributed by atoms with van der Waals surface area (Å²) in [6.45, 7) is 0. The quantitative estimate of drug-likeness (QED) is 0.830. The molecule has 0 aliphatic heterocycles. The van der Waals surface area contributed by atoms with Crippen LogP contribution in [0.5, 0.6) is 11.6 Å². The highest BCUT2D eigenvalue weighted by Gasteiger charge is 2.09. The van der Waals surface area contributed by atoms with Gasteiger partial charge >= 0.3 is 0 Å². The van der Waals surface area contributed by atoms with E-state index in [-0.39, 0.29) is 17.3 Å². The van der Waals surface area contributed by atoms with E-state index in [1.165, 1.54) is 6.07 Å². The number of halogens is 2. The van der Waals surface area contributed by atoms with Crippen LogP contribution in [-0.2, 0) is 0 Å². The minimum atomic E-state index is -1.06. The van der Waals surface area contributed by atoms with Crippen LogP contribution in [0.1, 0.15) is 0 Å². The zero-order valence-corrected chi connectivity index (χ0v) is 8.41. The summed E-state index contributed by atoms with van der Waals surface area (Å²) in [7, 11) is 0. The summed E-state index contributed by atoms with van der Waals surface area (Å²) in [6.07, 6.45) is 1.09. The zero-order chi connectivity index (χ0) is 12.4. The molecule has 1 heterocycles. The number of hydrogen-bond donors (Lipinski definition) is 2. The van der Waals surface area contributed by atoms with Crippen LogP contribution in [0.4, 0.5) is 14.5 Å². The Labute approximate surface area is 93.9 Å². The Morgan fingerprint density at radius 2 is 2.06 bits per heavy atom. The molecule has 0 saturated carbocycles. The number of nitrogens with one attached hydrogen (secondary N) is 1. The van der Waals surface area contributed by atoms with Gasteiger partial charge in [0.05, 0.1) is 6.33 Å². The molecule has 17 heavy (non-hydrogen) atoms. The third-order valence-corrected chi connectivity index (χ3v) is 1.96. The number of anilines is 1. The largest absolute Gasteiger partial charge is 0.437 e. The molecule has 5 nitrogen and oxygen atoms in total. The van der Waals surface area contributed by atoms with Crippen LogP contribution in [0.15, 0.2) is 29.3 Å². The lowest BCUT2D eigenvalue weighted by atomic mass is 10.3. The molecule has 88 valence electrons. The monoisotopic (exact) mass is 239 g/mol. The maximum Gasteiger partial charge on any atom is 0.277 e. The number of rotatable bonds is 2. The van der Waals surface area contributed by atoms with Crippen molar-refractivity contribution in [1.29, 1.82) is 0 Å². The fourth-order valence-corrected chi connectivity index (χ4v) is 1.13. The van der Waals surface area contributed by atoms with Crippen LogP contribution in [0.25, 0.3) is 0 Å². The SMILES string of the molecule is Nc1c(Oc2ccc(F)c(F)c2)nc[nH]c1=O. The molecule has 1 aromatic heterocycles. The van der Waals surface area contributed by atoms with Crippen molar-refractivity contribution in [1.82, 2.24) is 9.97 Å². The number of H-pyrrole nitrogens is 1. The molecular formula is C10H7F2N3O2. The van der Waals surface area contributed by atoms with E-state index < -0.39 is 17.2 Å². The molecule has 0 aliphatic rings. The molecule has 0 unspecified atom stereocenters. The highest BCUT2D eigenvalue weighted by atomic mass is 19.2. The molecule has 0 radical (unpaired) electrons. The molecule has 0 atom stereocenters. The van der Waals surface area contributed by atoms with Gasteiger partial charge in [0.25, 0.3) is 5.56 Å². The lowest BCUT2D eigenvalue weighted by molar-refractivity contribution is 0.448. The van der Waals surface area contributed by atoms with Gasteiger partial charge in [-0.05, 0) is 12.1 Å². The second-order valence-corrected chi connectivity index (χ2v) is 3.13. The first kappa shape index (κ1) is 11.1. The Hall–Kier alpha value is -2.44. The number of aromatic amines is 1. The normalized spacial score (nSPS) is 10.2. The zero-order valence-electron chi connectivity index (χ0n) is 8.41. The van der Waals surface area contributed by atoms with Gasteiger partial charge in [-0.25, -0.2) is 13.8 Å². The van der Waals surface area contributed by atoms with E-state index in [2.05, 4.69) is 9.97 Å². The first-order valence-corrected chi connectivity index (χ1v) is 4.54. The molecule has 2 aromatic rings. The second-order valence-electron chi connectivity index (χ2n) is 3.13. The minimum Gasteiger partial charge on any atom is -0.437 e. The Morgan fingerprint density at radius 3 is 2.76 bits per heavy atom. The van der Waals surface area contributed by atoms with Crippen molar-refractivity contribution in [2.75, 3.05) is 5.73 Å². The van der Waals surface area contributed by atoms with Crippen molar-refractivity contribution >= 4 is 5.69 Å². The van der Waals surface area contributed by atoms with E-state index in [1.54, 1.807) is 0 Å². The van der Waals surface area contributed by atoms with Crippen LogP contribution in [0.3, 0.4) is 0 Å². The summed E-state index contributed by atoms with van der Waals surface area (Å²) in [5, 5.41) is 0. The summed E-state index contributed by atoms with van der Waals surface area (Å²) in [6, 6.07) is 2.92. The molecule has 0 aliphatic carbocycles. The van der Waals surface area contributed by atoms with Gasteiger partial charge < -0.3 is 15.5 Å². The molecule has 0 bridgehead atoms. The van der Waals surface area contributed by atoms with Crippen LogP contribution >= 0.6 is 0 Å². The molecule has 0 amide bonds. The number of aromatic nitrogens is 2. The molecule has 2 rings (SSSR count). The third-order valence-electron chi connectivity index (χ3n) is 1.96. The van der Waals surface area contributed by atoms with Crippen molar-refractivity contribution in [3.63, 3.8) is 0 Å². The molecule has 7 heteroatoms. The summed E-state index contributed by atoms with van der Waals surface area (Å²) in [5.74, 6) is -2.23. The van der Waals surface area contributed by atoms with Gasteiger partial charge in [-0.1, -0.05) is 0 Å². The van der Waals surface area contributed by atoms with E-state index >= 15 is 0 Å². The smallest absolute Gasteiger partial charge is 0.277 e. The Morgan fingerprint density at radius 1 is 1.29 bits per heavy atom. The van der Waals surface area contributed by atoms with Gasteiger partial charge in [-0.2, -0.15) is 0 Å². The molecule has 0 fully saturated rings. The summed E-state index contributed by atoms with van der Waals surface area (Å²) < 4.78 is 30.6. The maximum atomic E-state index is 12.9. The Kier molecular flexibility index (Phi) is 2.73. The minimum absolute atomic E-state index is 0.00583. The number of nitrogens with two attached hydrogens (primary N) is 1. The lowest BCUT2D eigenvalue weighted by Gasteiger charge is -2.06. The van der Waals surface area contributed by atoms with Crippen LogP contribution < -0.4 is 16.0 Å². The highest BCUT2D eigenvalue weighted by Crippen LogP contribution is 2.23.